The lowest BCUT2D eigenvalue weighted by molar-refractivity contribution is -0.225. The number of carbonyl (C=O) groups is 2. The van der Waals surface area contributed by atoms with Crippen LogP contribution in [0.5, 0.6) is 0 Å². The Hall–Kier alpha value is -2.40. The van der Waals surface area contributed by atoms with Gasteiger partial charge in [0.1, 0.15) is 0 Å². The topological polar surface area (TPSA) is 94.8 Å². The molecule has 0 heterocycles. The van der Waals surface area contributed by atoms with Crippen LogP contribution in [-0.2, 0) is 0 Å². The molecule has 0 aliphatic heterocycles. The molecule has 8 atom stereocenters. The highest BCUT2D eigenvalue weighted by Gasteiger charge is 2.69. The minimum atomic E-state index is -1.21. The van der Waals surface area contributed by atoms with Gasteiger partial charge in [-0.15, -0.1) is 6.58 Å². The molecular weight excluding hydrogens is 536 g/mol. The molecule has 5 aliphatic carbocycles. The fourth-order valence-electron chi connectivity index (χ4n) is 12.2. The molecule has 43 heavy (non-hydrogen) atoms. The average molecular weight is 591 g/mol. The van der Waals surface area contributed by atoms with Gasteiger partial charge in [0.2, 0.25) is 0 Å². The molecule has 0 aromatic heterocycles. The van der Waals surface area contributed by atoms with E-state index in [1.807, 2.05) is 13.0 Å². The van der Waals surface area contributed by atoms with E-state index in [2.05, 4.69) is 47.3 Å². The number of allylic oxidation sites excluding steroid dienone is 3. The van der Waals surface area contributed by atoms with Gasteiger partial charge < -0.3 is 15.3 Å². The summed E-state index contributed by atoms with van der Waals surface area (Å²) in [6, 6.07) is 4.85. The molecule has 4 saturated carbocycles. The number of fused-ring (bicyclic) bond motifs is 7. The molecule has 5 nitrogen and oxygen atoms in total. The van der Waals surface area contributed by atoms with Gasteiger partial charge in [-0.3, -0.25) is 0 Å². The van der Waals surface area contributed by atoms with Crippen LogP contribution in [0.15, 0.2) is 36.9 Å². The quantitative estimate of drug-likeness (QED) is 0.304. The summed E-state index contributed by atoms with van der Waals surface area (Å²) in [4.78, 5) is 23.6. The molecule has 6 rings (SSSR count). The summed E-state index contributed by atoms with van der Waals surface area (Å²) in [5.41, 5.74) is 2.45. The van der Waals surface area contributed by atoms with Crippen LogP contribution in [0.1, 0.15) is 132 Å². The molecule has 1 aromatic carbocycles. The van der Waals surface area contributed by atoms with Gasteiger partial charge in [-0.1, -0.05) is 59.3 Å². The van der Waals surface area contributed by atoms with Crippen LogP contribution in [0.4, 0.5) is 0 Å². The molecular formula is C38H54O5. The van der Waals surface area contributed by atoms with E-state index < -0.39 is 11.9 Å². The first-order valence-electron chi connectivity index (χ1n) is 16.7. The first-order valence-corrected chi connectivity index (χ1v) is 16.7. The monoisotopic (exact) mass is 590 g/mol. The van der Waals surface area contributed by atoms with Crippen molar-refractivity contribution in [3.63, 3.8) is 0 Å². The van der Waals surface area contributed by atoms with Crippen molar-refractivity contribution < 1.29 is 24.9 Å². The largest absolute Gasteiger partial charge is 0.478 e. The number of hydrogen-bond donors (Lipinski definition) is 3. The van der Waals surface area contributed by atoms with E-state index in [-0.39, 0.29) is 32.8 Å². The average Bonchev–Trinajstić information content (AvgIpc) is 3.38. The molecule has 0 bridgehead atoms. The molecule has 0 radical (unpaired) electrons. The van der Waals surface area contributed by atoms with Gasteiger partial charge in [0, 0.05) is 6.61 Å². The van der Waals surface area contributed by atoms with Gasteiger partial charge >= 0.3 is 11.9 Å². The van der Waals surface area contributed by atoms with Crippen LogP contribution >= 0.6 is 0 Å². The van der Waals surface area contributed by atoms with Gasteiger partial charge in [0.05, 0.1) is 11.1 Å². The van der Waals surface area contributed by atoms with E-state index in [9.17, 15) is 24.9 Å². The summed E-state index contributed by atoms with van der Waals surface area (Å²) in [6.07, 6.45) is 16.2. The highest BCUT2D eigenvalue weighted by atomic mass is 16.4. The Morgan fingerprint density at radius 3 is 2.16 bits per heavy atom. The molecule has 236 valence electrons. The second-order valence-corrected chi connectivity index (χ2v) is 16.0. The van der Waals surface area contributed by atoms with Crippen molar-refractivity contribution in [2.45, 2.75) is 106 Å². The van der Waals surface area contributed by atoms with Crippen LogP contribution < -0.4 is 0 Å². The van der Waals surface area contributed by atoms with Crippen LogP contribution in [0.3, 0.4) is 0 Å². The summed E-state index contributed by atoms with van der Waals surface area (Å²) in [6.45, 7) is 18.1. The van der Waals surface area contributed by atoms with Crippen molar-refractivity contribution in [2.75, 3.05) is 6.61 Å². The lowest BCUT2D eigenvalue weighted by Crippen LogP contribution is -2.65. The molecule has 0 saturated heterocycles. The van der Waals surface area contributed by atoms with Crippen LogP contribution in [-0.4, -0.2) is 33.9 Å². The van der Waals surface area contributed by atoms with E-state index >= 15 is 0 Å². The molecule has 3 N–H and O–H groups in total. The molecule has 0 spiro atoms. The number of carboxylic acids is 2. The van der Waals surface area contributed by atoms with Crippen molar-refractivity contribution >= 4 is 17.5 Å². The van der Waals surface area contributed by atoms with Crippen LogP contribution in [0.2, 0.25) is 0 Å². The first-order chi connectivity index (χ1) is 20.2. The number of hydrogen-bond acceptors (Lipinski definition) is 3. The van der Waals surface area contributed by atoms with Gasteiger partial charge in [0.15, 0.2) is 0 Å². The summed E-state index contributed by atoms with van der Waals surface area (Å²) in [5, 5.41) is 29.8. The van der Waals surface area contributed by atoms with Crippen molar-refractivity contribution in [1.29, 1.82) is 0 Å². The van der Waals surface area contributed by atoms with Gasteiger partial charge in [-0.05, 0) is 139 Å². The van der Waals surface area contributed by atoms with Crippen LogP contribution in [0.25, 0.3) is 5.57 Å². The zero-order valence-corrected chi connectivity index (χ0v) is 27.3. The highest BCUT2D eigenvalue weighted by molar-refractivity contribution is 6.02. The maximum absolute atomic E-state index is 12.0. The van der Waals surface area contributed by atoms with E-state index in [0.29, 0.717) is 35.7 Å². The maximum Gasteiger partial charge on any atom is 0.336 e. The highest BCUT2D eigenvalue weighted by Crippen LogP contribution is 2.77. The lowest BCUT2D eigenvalue weighted by Gasteiger charge is -2.72. The van der Waals surface area contributed by atoms with Crippen LogP contribution in [0, 0.1) is 50.7 Å². The number of benzene rings is 1. The Kier molecular flexibility index (Phi) is 8.11. The summed E-state index contributed by atoms with van der Waals surface area (Å²) >= 11 is 0. The number of rotatable bonds is 4. The van der Waals surface area contributed by atoms with E-state index in [1.54, 1.807) is 12.1 Å². The lowest BCUT2D eigenvalue weighted by atomic mass is 9.33. The van der Waals surface area contributed by atoms with Crippen molar-refractivity contribution in [3.8, 4) is 0 Å². The van der Waals surface area contributed by atoms with E-state index in [1.165, 1.54) is 57.4 Å². The van der Waals surface area contributed by atoms with E-state index in [0.717, 1.165) is 24.0 Å². The van der Waals surface area contributed by atoms with Crippen molar-refractivity contribution in [2.24, 2.45) is 50.7 Å². The second-order valence-electron chi connectivity index (χ2n) is 16.0. The number of aliphatic hydroxyl groups excluding tert-OH is 1. The Labute approximate surface area is 258 Å². The summed E-state index contributed by atoms with van der Waals surface area (Å²) < 4.78 is 0. The molecule has 5 aliphatic rings. The standard InChI is InChI=1S/C35H48O5.C3H6/c1-31(2)24(21-8-9-22(29(37)38)23(19-21)30(39)40)12-15-32(3)27(31)13-16-34(5)28(32)11-10-25-26-7-6-14-35(26,20-36)18-17-33(25,34)4;1-3-2/h8-9,12,19,25-28,36H,6-7,10-11,13-18,20H2,1-5H3,(H,37,38)(H,39,40);3H,1H2,2H3/t25?,26?,27?,28?,32?,33-,34?,35?;/m1./s1. The Bertz CT molecular complexity index is 1330. The predicted molar refractivity (Wildman–Crippen MR) is 172 cm³/mol. The third-order valence-electron chi connectivity index (χ3n) is 14.2. The minimum Gasteiger partial charge on any atom is -0.478 e. The van der Waals surface area contributed by atoms with E-state index in [4.69, 9.17) is 0 Å². The third kappa shape index (κ3) is 4.50. The minimum absolute atomic E-state index is 0.138. The van der Waals surface area contributed by atoms with Crippen molar-refractivity contribution in [3.05, 3.63) is 53.6 Å². The Morgan fingerprint density at radius 1 is 0.860 bits per heavy atom. The smallest absolute Gasteiger partial charge is 0.336 e. The molecule has 4 fully saturated rings. The Morgan fingerprint density at radius 2 is 1.53 bits per heavy atom. The number of aliphatic hydroxyl groups is 1. The SMILES string of the molecule is C=CC.CC1(C)C(c2ccc(C(=O)O)c(C(=O)O)c2)=CCC2(C)C1CCC1(C)C2CCC2C3CCCC3(CO)CC[C@]21C. The molecule has 1 aromatic rings. The Balaban J connectivity index is 0.00000118. The summed E-state index contributed by atoms with van der Waals surface area (Å²) in [5.74, 6) is 0.0758. The first kappa shape index (κ1) is 32.0. The molecule has 7 unspecified atom stereocenters. The van der Waals surface area contributed by atoms with Gasteiger partial charge in [-0.2, -0.15) is 0 Å². The molecule has 0 amide bonds. The maximum atomic E-state index is 12.0. The number of carboxylic acid groups (broad SMARTS) is 2. The molecule has 5 heteroatoms. The van der Waals surface area contributed by atoms with Gasteiger partial charge in [0.25, 0.3) is 0 Å². The van der Waals surface area contributed by atoms with Gasteiger partial charge in [-0.25, -0.2) is 9.59 Å². The second kappa shape index (κ2) is 10.9. The number of aromatic carboxylic acids is 2. The zero-order chi connectivity index (χ0) is 31.6. The summed E-state index contributed by atoms with van der Waals surface area (Å²) in [7, 11) is 0. The fraction of sp³-hybridized carbons (Fsp3) is 0.684. The normalized spacial score (nSPS) is 40.8. The van der Waals surface area contributed by atoms with Crippen molar-refractivity contribution in [1.82, 2.24) is 0 Å². The third-order valence-corrected chi connectivity index (χ3v) is 14.2. The fourth-order valence-corrected chi connectivity index (χ4v) is 12.2. The zero-order valence-electron chi connectivity index (χ0n) is 27.3. The predicted octanol–water partition coefficient (Wildman–Crippen LogP) is 9.12.